The number of hydrogen-bond acceptors (Lipinski definition) is 4. The van der Waals surface area contributed by atoms with Crippen molar-refractivity contribution in [2.24, 2.45) is 5.92 Å². The van der Waals surface area contributed by atoms with Crippen LogP contribution in [0.15, 0.2) is 31.0 Å². The maximum Gasteiger partial charge on any atom is 0.270 e. The van der Waals surface area contributed by atoms with Crippen LogP contribution in [-0.4, -0.2) is 31.5 Å². The second kappa shape index (κ2) is 6.03. The van der Waals surface area contributed by atoms with Gasteiger partial charge in [-0.05, 0) is 37.7 Å². The number of hydrogen-bond donors (Lipinski definition) is 1. The van der Waals surface area contributed by atoms with E-state index in [-0.39, 0.29) is 11.9 Å². The minimum Gasteiger partial charge on any atom is -0.348 e. The van der Waals surface area contributed by atoms with Gasteiger partial charge in [-0.2, -0.15) is 0 Å². The topological polar surface area (TPSA) is 72.7 Å². The SMILES string of the molecule is C[C@H]1CC[C@H](NC(=O)c2ccnc(-n3ccnc3)n2)CC1. The minimum atomic E-state index is -0.127. The quantitative estimate of drug-likeness (QED) is 0.935. The van der Waals surface area contributed by atoms with Crippen LogP contribution in [0, 0.1) is 5.92 Å². The summed E-state index contributed by atoms with van der Waals surface area (Å²) in [6.45, 7) is 2.26. The highest BCUT2D eigenvalue weighted by Gasteiger charge is 2.21. The van der Waals surface area contributed by atoms with E-state index in [0.717, 1.165) is 18.8 Å². The van der Waals surface area contributed by atoms with Crippen LogP contribution in [0.5, 0.6) is 0 Å². The van der Waals surface area contributed by atoms with E-state index in [1.165, 1.54) is 12.8 Å². The van der Waals surface area contributed by atoms with Gasteiger partial charge >= 0.3 is 0 Å². The van der Waals surface area contributed by atoms with Crippen molar-refractivity contribution in [3.05, 3.63) is 36.7 Å². The van der Waals surface area contributed by atoms with Crippen molar-refractivity contribution in [2.45, 2.75) is 38.6 Å². The third kappa shape index (κ3) is 3.26. The normalized spacial score (nSPS) is 22.0. The highest BCUT2D eigenvalue weighted by Crippen LogP contribution is 2.23. The summed E-state index contributed by atoms with van der Waals surface area (Å²) < 4.78 is 1.68. The lowest BCUT2D eigenvalue weighted by atomic mass is 9.87. The Balaban J connectivity index is 1.69. The Hall–Kier alpha value is -2.24. The molecule has 2 heterocycles. The molecule has 0 atom stereocenters. The molecule has 6 nitrogen and oxygen atoms in total. The Kier molecular flexibility index (Phi) is 3.94. The Labute approximate surface area is 123 Å². The number of rotatable bonds is 3. The standard InChI is InChI=1S/C15H19N5O/c1-11-2-4-12(5-3-11)18-14(21)13-6-7-17-15(19-13)20-9-8-16-10-20/h6-12H,2-5H2,1H3,(H,18,21)/t11-,12-. The average Bonchev–Trinajstić information content (AvgIpc) is 3.04. The Morgan fingerprint density at radius 1 is 1.29 bits per heavy atom. The first-order chi connectivity index (χ1) is 10.2. The third-order valence-electron chi connectivity index (χ3n) is 3.96. The molecule has 0 radical (unpaired) electrons. The molecule has 2 aromatic rings. The maximum atomic E-state index is 12.3. The monoisotopic (exact) mass is 285 g/mol. The maximum absolute atomic E-state index is 12.3. The van der Waals surface area contributed by atoms with E-state index in [2.05, 4.69) is 27.2 Å². The number of carbonyl (C=O) groups is 1. The largest absolute Gasteiger partial charge is 0.348 e. The van der Waals surface area contributed by atoms with Crippen LogP contribution in [0.3, 0.4) is 0 Å². The fourth-order valence-corrected chi connectivity index (χ4v) is 2.64. The molecule has 0 aromatic carbocycles. The molecular formula is C15H19N5O. The smallest absolute Gasteiger partial charge is 0.270 e. The van der Waals surface area contributed by atoms with Crippen LogP contribution in [0.25, 0.3) is 5.95 Å². The lowest BCUT2D eigenvalue weighted by molar-refractivity contribution is 0.0917. The van der Waals surface area contributed by atoms with Gasteiger partial charge in [0.05, 0.1) is 0 Å². The molecule has 0 aliphatic heterocycles. The van der Waals surface area contributed by atoms with Crippen LogP contribution < -0.4 is 5.32 Å². The van der Waals surface area contributed by atoms with Gasteiger partial charge in [0, 0.05) is 24.6 Å². The highest BCUT2D eigenvalue weighted by atomic mass is 16.1. The van der Waals surface area contributed by atoms with Crippen LogP contribution in [0.1, 0.15) is 43.1 Å². The molecule has 21 heavy (non-hydrogen) atoms. The lowest BCUT2D eigenvalue weighted by Crippen LogP contribution is -2.37. The van der Waals surface area contributed by atoms with Crippen molar-refractivity contribution in [3.8, 4) is 5.95 Å². The molecule has 0 spiro atoms. The Morgan fingerprint density at radius 3 is 2.81 bits per heavy atom. The first kappa shape index (κ1) is 13.7. The second-order valence-electron chi connectivity index (χ2n) is 5.64. The van der Waals surface area contributed by atoms with Gasteiger partial charge in [-0.15, -0.1) is 0 Å². The molecule has 1 saturated carbocycles. The van der Waals surface area contributed by atoms with Gasteiger partial charge in [0.2, 0.25) is 5.95 Å². The van der Waals surface area contributed by atoms with Gasteiger partial charge in [0.15, 0.2) is 0 Å². The summed E-state index contributed by atoms with van der Waals surface area (Å²) in [4.78, 5) is 24.7. The molecule has 2 aromatic heterocycles. The van der Waals surface area contributed by atoms with E-state index in [0.29, 0.717) is 11.6 Å². The molecule has 1 aliphatic carbocycles. The number of carbonyl (C=O) groups excluding carboxylic acids is 1. The van der Waals surface area contributed by atoms with E-state index >= 15 is 0 Å². The van der Waals surface area contributed by atoms with E-state index in [1.807, 2.05) is 0 Å². The van der Waals surface area contributed by atoms with E-state index in [9.17, 15) is 4.79 Å². The van der Waals surface area contributed by atoms with Crippen molar-refractivity contribution in [1.29, 1.82) is 0 Å². The van der Waals surface area contributed by atoms with Crippen molar-refractivity contribution in [1.82, 2.24) is 24.8 Å². The Bertz CT molecular complexity index is 602. The average molecular weight is 285 g/mol. The van der Waals surface area contributed by atoms with Gasteiger partial charge in [-0.25, -0.2) is 15.0 Å². The predicted molar refractivity (Wildman–Crippen MR) is 78.0 cm³/mol. The van der Waals surface area contributed by atoms with Crippen LogP contribution in [0.2, 0.25) is 0 Å². The number of aromatic nitrogens is 4. The number of imidazole rings is 1. The minimum absolute atomic E-state index is 0.127. The molecular weight excluding hydrogens is 266 g/mol. The molecule has 0 saturated heterocycles. The number of amides is 1. The fourth-order valence-electron chi connectivity index (χ4n) is 2.64. The molecule has 1 aliphatic rings. The highest BCUT2D eigenvalue weighted by molar-refractivity contribution is 5.92. The van der Waals surface area contributed by atoms with E-state index < -0.39 is 0 Å². The first-order valence-corrected chi connectivity index (χ1v) is 7.34. The summed E-state index contributed by atoms with van der Waals surface area (Å²) in [6.07, 6.45) is 11.1. The zero-order valence-corrected chi connectivity index (χ0v) is 12.1. The van der Waals surface area contributed by atoms with Crippen LogP contribution >= 0.6 is 0 Å². The van der Waals surface area contributed by atoms with Crippen molar-refractivity contribution in [3.63, 3.8) is 0 Å². The first-order valence-electron chi connectivity index (χ1n) is 7.34. The van der Waals surface area contributed by atoms with Gasteiger partial charge < -0.3 is 5.32 Å². The van der Waals surface area contributed by atoms with E-state index in [4.69, 9.17) is 0 Å². The summed E-state index contributed by atoms with van der Waals surface area (Å²) in [5, 5.41) is 3.07. The predicted octanol–water partition coefficient (Wildman–Crippen LogP) is 1.97. The molecule has 0 unspecified atom stereocenters. The summed E-state index contributed by atoms with van der Waals surface area (Å²) in [7, 11) is 0. The number of nitrogens with zero attached hydrogens (tertiary/aromatic N) is 4. The second-order valence-corrected chi connectivity index (χ2v) is 5.64. The summed E-state index contributed by atoms with van der Waals surface area (Å²) in [6, 6.07) is 1.90. The van der Waals surface area contributed by atoms with Crippen LogP contribution in [-0.2, 0) is 0 Å². The van der Waals surface area contributed by atoms with Gasteiger partial charge in [0.25, 0.3) is 5.91 Å². The molecule has 1 amide bonds. The molecule has 1 fully saturated rings. The van der Waals surface area contributed by atoms with Crippen LogP contribution in [0.4, 0.5) is 0 Å². The van der Waals surface area contributed by atoms with Gasteiger partial charge in [-0.1, -0.05) is 6.92 Å². The summed E-state index contributed by atoms with van der Waals surface area (Å²) in [5.74, 6) is 1.10. The van der Waals surface area contributed by atoms with Gasteiger partial charge in [-0.3, -0.25) is 9.36 Å². The zero-order chi connectivity index (χ0) is 14.7. The van der Waals surface area contributed by atoms with Gasteiger partial charge in [0.1, 0.15) is 12.0 Å². The lowest BCUT2D eigenvalue weighted by Gasteiger charge is -2.26. The van der Waals surface area contributed by atoms with Crippen molar-refractivity contribution < 1.29 is 4.79 Å². The zero-order valence-electron chi connectivity index (χ0n) is 12.1. The molecule has 110 valence electrons. The summed E-state index contributed by atoms with van der Waals surface area (Å²) >= 11 is 0. The van der Waals surface area contributed by atoms with Crippen molar-refractivity contribution in [2.75, 3.05) is 0 Å². The molecule has 3 rings (SSSR count). The summed E-state index contributed by atoms with van der Waals surface area (Å²) in [5.41, 5.74) is 0.396. The molecule has 6 heteroatoms. The van der Waals surface area contributed by atoms with Crippen molar-refractivity contribution >= 4 is 5.91 Å². The third-order valence-corrected chi connectivity index (χ3v) is 3.96. The fraction of sp³-hybridized carbons (Fsp3) is 0.467. The molecule has 0 bridgehead atoms. The number of nitrogens with one attached hydrogen (secondary N) is 1. The van der Waals surface area contributed by atoms with E-state index in [1.54, 1.807) is 35.6 Å². The molecule has 1 N–H and O–H groups in total. The Morgan fingerprint density at radius 2 is 2.10 bits per heavy atom.